The fraction of sp³-hybridized carbons (Fsp3) is 0. The van der Waals surface area contributed by atoms with E-state index in [1.807, 2.05) is 0 Å². The van der Waals surface area contributed by atoms with Crippen LogP contribution < -0.4 is 9.47 Å². The minimum Gasteiger partial charge on any atom is -0.456 e. The van der Waals surface area contributed by atoms with E-state index in [0.29, 0.717) is 27.6 Å². The van der Waals surface area contributed by atoms with E-state index in [-0.39, 0.29) is 11.4 Å². The molecule has 7 heteroatoms. The van der Waals surface area contributed by atoms with Gasteiger partial charge in [-0.3, -0.25) is 0 Å². The number of rotatable bonds is 4. The van der Waals surface area contributed by atoms with Crippen LogP contribution in [-0.2, 0) is 0 Å². The number of pyridine rings is 2. The topological polar surface area (TPSA) is 68.0 Å². The molecule has 0 N–H and O–H groups in total. The number of nitrogens with zero attached hydrogens (tertiary/aromatic N) is 3. The zero-order valence-corrected chi connectivity index (χ0v) is 13.6. The Balaban J connectivity index is 1.93. The first-order valence-corrected chi connectivity index (χ1v) is 7.54. The number of nitriles is 1. The molecule has 3 rings (SSSR count). The second-order valence-electron chi connectivity index (χ2n) is 4.56. The van der Waals surface area contributed by atoms with E-state index >= 15 is 0 Å². The normalized spacial score (nSPS) is 10.0. The van der Waals surface area contributed by atoms with Gasteiger partial charge in [0.1, 0.15) is 33.4 Å². The first-order valence-electron chi connectivity index (χ1n) is 6.78. The molecule has 0 fully saturated rings. The minimum atomic E-state index is 0.229. The highest BCUT2D eigenvalue weighted by Crippen LogP contribution is 2.34. The Labute approximate surface area is 148 Å². The zero-order chi connectivity index (χ0) is 16.9. The molecule has 5 nitrogen and oxygen atoms in total. The Kier molecular flexibility index (Phi) is 4.80. The predicted octanol–water partition coefficient (Wildman–Crippen LogP) is 5.24. The maximum absolute atomic E-state index is 9.47. The second kappa shape index (κ2) is 7.18. The molecule has 0 unspecified atom stereocenters. The van der Waals surface area contributed by atoms with Gasteiger partial charge in [-0.25, -0.2) is 9.97 Å². The van der Waals surface area contributed by atoms with Gasteiger partial charge in [-0.1, -0.05) is 35.3 Å². The summed E-state index contributed by atoms with van der Waals surface area (Å²) >= 11 is 11.7. The number of hydrogen-bond donors (Lipinski definition) is 0. The Hall–Kier alpha value is -2.81. The van der Waals surface area contributed by atoms with E-state index in [0.717, 1.165) is 0 Å². The van der Waals surface area contributed by atoms with E-state index in [4.69, 9.17) is 32.7 Å². The number of benzene rings is 1. The van der Waals surface area contributed by atoms with Gasteiger partial charge in [0, 0.05) is 18.3 Å². The number of aromatic nitrogens is 2. The summed E-state index contributed by atoms with van der Waals surface area (Å²) in [6.07, 6.45) is 1.51. The molecule has 118 valence electrons. The third-order valence-electron chi connectivity index (χ3n) is 2.93. The van der Waals surface area contributed by atoms with Crippen LogP contribution in [0.1, 0.15) is 5.56 Å². The lowest BCUT2D eigenvalue weighted by Gasteiger charge is -2.11. The Bertz CT molecular complexity index is 860. The molecule has 0 saturated heterocycles. The van der Waals surface area contributed by atoms with Gasteiger partial charge in [-0.05, 0) is 24.3 Å². The summed E-state index contributed by atoms with van der Waals surface area (Å²) in [5, 5.41) is 10.1. The van der Waals surface area contributed by atoms with Crippen molar-refractivity contribution in [3.8, 4) is 29.2 Å². The van der Waals surface area contributed by atoms with Crippen molar-refractivity contribution in [2.75, 3.05) is 0 Å². The van der Waals surface area contributed by atoms with Gasteiger partial charge in [0.2, 0.25) is 5.88 Å². The molecule has 0 aliphatic rings. The molecule has 24 heavy (non-hydrogen) atoms. The Morgan fingerprint density at radius 2 is 1.67 bits per heavy atom. The van der Waals surface area contributed by atoms with Crippen LogP contribution in [0.3, 0.4) is 0 Å². The third kappa shape index (κ3) is 3.74. The van der Waals surface area contributed by atoms with Crippen LogP contribution in [0.4, 0.5) is 0 Å². The molecule has 2 aromatic heterocycles. The Morgan fingerprint density at radius 3 is 2.38 bits per heavy atom. The van der Waals surface area contributed by atoms with Gasteiger partial charge in [0.15, 0.2) is 5.75 Å². The summed E-state index contributed by atoms with van der Waals surface area (Å²) in [7, 11) is 0. The van der Waals surface area contributed by atoms with Gasteiger partial charge < -0.3 is 9.47 Å². The standard InChI is InChI=1S/C17H9Cl2N3O2/c18-15-5-2-6-17(22-15)24-14-4-1-3-13(12(14)10-20)23-11-7-8-21-16(19)9-11/h1-9H. The number of ether oxygens (including phenoxy) is 2. The van der Waals surface area contributed by atoms with Crippen LogP contribution in [0, 0.1) is 11.3 Å². The van der Waals surface area contributed by atoms with Crippen LogP contribution in [0.15, 0.2) is 54.7 Å². The monoisotopic (exact) mass is 357 g/mol. The van der Waals surface area contributed by atoms with Crippen LogP contribution in [-0.4, -0.2) is 9.97 Å². The lowest BCUT2D eigenvalue weighted by molar-refractivity contribution is 0.446. The molecule has 0 saturated carbocycles. The van der Waals surface area contributed by atoms with Crippen molar-refractivity contribution in [2.45, 2.75) is 0 Å². The molecule has 0 amide bonds. The maximum atomic E-state index is 9.47. The quantitative estimate of drug-likeness (QED) is 0.597. The lowest BCUT2D eigenvalue weighted by atomic mass is 10.2. The highest BCUT2D eigenvalue weighted by molar-refractivity contribution is 6.29. The number of halogens is 2. The van der Waals surface area contributed by atoms with Crippen molar-refractivity contribution in [1.29, 1.82) is 5.26 Å². The van der Waals surface area contributed by atoms with Gasteiger partial charge in [0.05, 0.1) is 0 Å². The number of hydrogen-bond acceptors (Lipinski definition) is 5. The van der Waals surface area contributed by atoms with Crippen LogP contribution >= 0.6 is 23.2 Å². The van der Waals surface area contributed by atoms with E-state index < -0.39 is 0 Å². The summed E-state index contributed by atoms with van der Waals surface area (Å²) in [5.74, 6) is 1.39. The second-order valence-corrected chi connectivity index (χ2v) is 5.33. The summed E-state index contributed by atoms with van der Waals surface area (Å²) in [6.45, 7) is 0. The summed E-state index contributed by atoms with van der Waals surface area (Å²) in [6, 6.07) is 15.3. The first-order chi connectivity index (χ1) is 11.7. The molecule has 0 bridgehead atoms. The average Bonchev–Trinajstić information content (AvgIpc) is 2.55. The predicted molar refractivity (Wildman–Crippen MR) is 89.8 cm³/mol. The van der Waals surface area contributed by atoms with Crippen molar-refractivity contribution in [3.05, 3.63) is 70.6 Å². The van der Waals surface area contributed by atoms with Gasteiger partial charge >= 0.3 is 0 Å². The fourth-order valence-corrected chi connectivity index (χ4v) is 2.25. The highest BCUT2D eigenvalue weighted by Gasteiger charge is 2.13. The first kappa shape index (κ1) is 16.1. The largest absolute Gasteiger partial charge is 0.456 e. The average molecular weight is 358 g/mol. The summed E-state index contributed by atoms with van der Waals surface area (Å²) in [5.41, 5.74) is 0.229. The molecule has 0 radical (unpaired) electrons. The fourth-order valence-electron chi connectivity index (χ4n) is 1.93. The molecule has 0 spiro atoms. The molecule has 0 aliphatic carbocycles. The van der Waals surface area contributed by atoms with E-state index in [1.165, 1.54) is 6.20 Å². The van der Waals surface area contributed by atoms with Crippen molar-refractivity contribution in [3.63, 3.8) is 0 Å². The van der Waals surface area contributed by atoms with Crippen LogP contribution in [0.5, 0.6) is 23.1 Å². The van der Waals surface area contributed by atoms with Crippen LogP contribution in [0.25, 0.3) is 0 Å². The minimum absolute atomic E-state index is 0.229. The van der Waals surface area contributed by atoms with Crippen molar-refractivity contribution < 1.29 is 9.47 Å². The lowest BCUT2D eigenvalue weighted by Crippen LogP contribution is -1.94. The molecule has 1 aromatic carbocycles. The van der Waals surface area contributed by atoms with Crippen LogP contribution in [0.2, 0.25) is 10.3 Å². The molecular formula is C17H9Cl2N3O2. The molecule has 0 aliphatic heterocycles. The summed E-state index contributed by atoms with van der Waals surface area (Å²) < 4.78 is 11.4. The zero-order valence-electron chi connectivity index (χ0n) is 12.1. The highest BCUT2D eigenvalue weighted by atomic mass is 35.5. The van der Waals surface area contributed by atoms with Gasteiger partial charge in [-0.2, -0.15) is 5.26 Å². The third-order valence-corrected chi connectivity index (χ3v) is 3.35. The smallest absolute Gasteiger partial charge is 0.220 e. The van der Waals surface area contributed by atoms with Crippen molar-refractivity contribution >= 4 is 23.2 Å². The maximum Gasteiger partial charge on any atom is 0.220 e. The SMILES string of the molecule is N#Cc1c(Oc2ccnc(Cl)c2)cccc1Oc1cccc(Cl)n1. The molecular weight excluding hydrogens is 349 g/mol. The Morgan fingerprint density at radius 1 is 0.917 bits per heavy atom. The summed E-state index contributed by atoms with van der Waals surface area (Å²) in [4.78, 5) is 7.92. The van der Waals surface area contributed by atoms with E-state index in [9.17, 15) is 5.26 Å². The molecule has 3 aromatic rings. The molecule has 0 atom stereocenters. The molecule has 2 heterocycles. The van der Waals surface area contributed by atoms with Crippen molar-refractivity contribution in [1.82, 2.24) is 9.97 Å². The van der Waals surface area contributed by atoms with E-state index in [2.05, 4.69) is 16.0 Å². The van der Waals surface area contributed by atoms with Crippen molar-refractivity contribution in [2.24, 2.45) is 0 Å². The van der Waals surface area contributed by atoms with Gasteiger partial charge in [-0.15, -0.1) is 0 Å². The van der Waals surface area contributed by atoms with Gasteiger partial charge in [0.25, 0.3) is 0 Å². The van der Waals surface area contributed by atoms with E-state index in [1.54, 1.807) is 48.5 Å².